The number of H-pyrrole nitrogens is 1. The average molecular weight is 352 g/mol. The minimum atomic E-state index is -0.0595. The first-order valence-electron chi connectivity index (χ1n) is 7.22. The second-order valence-corrected chi connectivity index (χ2v) is 6.22. The molecule has 6 nitrogen and oxygen atoms in total. The van der Waals surface area contributed by atoms with E-state index in [1.54, 1.807) is 23.3 Å². The summed E-state index contributed by atoms with van der Waals surface area (Å²) >= 11 is 3.40. The maximum absolute atomic E-state index is 12.4. The molecule has 3 rings (SSSR count). The van der Waals surface area contributed by atoms with E-state index in [4.69, 9.17) is 0 Å². The maximum atomic E-state index is 12.4. The first-order valence-corrected chi connectivity index (χ1v) is 8.01. The Hall–Kier alpha value is -1.63. The highest BCUT2D eigenvalue weighted by Crippen LogP contribution is 2.27. The minimum Gasteiger partial charge on any atom is -0.379 e. The molecule has 0 atom stereocenters. The molecule has 1 aliphatic rings. The minimum absolute atomic E-state index is 0.0595. The van der Waals surface area contributed by atoms with Crippen molar-refractivity contribution in [2.75, 3.05) is 11.9 Å². The molecule has 21 heavy (non-hydrogen) atoms. The van der Waals surface area contributed by atoms with Crippen LogP contribution in [0.2, 0.25) is 0 Å². The van der Waals surface area contributed by atoms with E-state index in [2.05, 4.69) is 36.3 Å². The Balaban J connectivity index is 1.67. The predicted octanol–water partition coefficient (Wildman–Crippen LogP) is 2.18. The summed E-state index contributed by atoms with van der Waals surface area (Å²) < 4.78 is 2.28. The molecule has 0 amide bonds. The van der Waals surface area contributed by atoms with E-state index < -0.39 is 0 Å². The molecule has 2 heterocycles. The van der Waals surface area contributed by atoms with Crippen molar-refractivity contribution in [3.63, 3.8) is 0 Å². The number of aromatic nitrogens is 4. The molecule has 0 radical (unpaired) electrons. The number of anilines is 1. The highest BCUT2D eigenvalue weighted by molar-refractivity contribution is 9.10. The van der Waals surface area contributed by atoms with E-state index in [0.717, 1.165) is 18.8 Å². The molecular weight excluding hydrogens is 334 g/mol. The molecule has 1 fully saturated rings. The molecule has 1 saturated carbocycles. The number of nitrogens with one attached hydrogen (secondary N) is 2. The van der Waals surface area contributed by atoms with E-state index in [1.165, 1.54) is 19.3 Å². The summed E-state index contributed by atoms with van der Waals surface area (Å²) in [6, 6.07) is 0. The lowest BCUT2D eigenvalue weighted by Crippen LogP contribution is -2.31. The fourth-order valence-corrected chi connectivity index (χ4v) is 2.82. The maximum Gasteiger partial charge on any atom is 0.291 e. The molecule has 0 bridgehead atoms. The van der Waals surface area contributed by atoms with Gasteiger partial charge in [-0.2, -0.15) is 5.10 Å². The number of hydrogen-bond acceptors (Lipinski definition) is 4. The van der Waals surface area contributed by atoms with E-state index in [9.17, 15) is 4.79 Å². The Bertz CT molecular complexity index is 648. The zero-order chi connectivity index (χ0) is 14.7. The van der Waals surface area contributed by atoms with Gasteiger partial charge in [0.15, 0.2) is 0 Å². The average Bonchev–Trinajstić information content (AvgIpc) is 2.93. The second kappa shape index (κ2) is 6.43. The molecule has 1 aliphatic carbocycles. The van der Waals surface area contributed by atoms with Gasteiger partial charge < -0.3 is 10.3 Å². The first-order chi connectivity index (χ1) is 10.2. The summed E-state index contributed by atoms with van der Waals surface area (Å²) in [7, 11) is 0. The van der Waals surface area contributed by atoms with Crippen molar-refractivity contribution in [2.45, 2.75) is 32.2 Å². The fraction of sp³-hybridized carbons (Fsp3) is 0.500. The van der Waals surface area contributed by atoms with Gasteiger partial charge in [-0.25, -0.2) is 9.67 Å². The number of imidazole rings is 1. The van der Waals surface area contributed by atoms with Crippen molar-refractivity contribution >= 4 is 21.6 Å². The summed E-state index contributed by atoms with van der Waals surface area (Å²) in [6.45, 7) is 1.37. The van der Waals surface area contributed by atoms with Gasteiger partial charge in [0.05, 0.1) is 10.7 Å². The monoisotopic (exact) mass is 351 g/mol. The number of aromatic amines is 1. The van der Waals surface area contributed by atoms with Crippen LogP contribution >= 0.6 is 15.9 Å². The molecule has 0 unspecified atom stereocenters. The van der Waals surface area contributed by atoms with Gasteiger partial charge in [-0.05, 0) is 34.7 Å². The number of hydrogen-bond donors (Lipinski definition) is 2. The normalized spacial score (nSPS) is 14.9. The van der Waals surface area contributed by atoms with Crippen LogP contribution < -0.4 is 10.9 Å². The zero-order valence-corrected chi connectivity index (χ0v) is 13.3. The molecule has 0 saturated heterocycles. The molecule has 2 aromatic heterocycles. The van der Waals surface area contributed by atoms with Crippen LogP contribution in [0.15, 0.2) is 27.9 Å². The van der Waals surface area contributed by atoms with Crippen LogP contribution in [0, 0.1) is 5.92 Å². The Morgan fingerprint density at radius 2 is 2.33 bits per heavy atom. The van der Waals surface area contributed by atoms with Gasteiger partial charge in [0.2, 0.25) is 0 Å². The van der Waals surface area contributed by atoms with E-state index in [0.29, 0.717) is 22.6 Å². The lowest BCUT2D eigenvalue weighted by atomic mass is 9.85. The summed E-state index contributed by atoms with van der Waals surface area (Å²) in [6.07, 6.45) is 9.62. The summed E-state index contributed by atoms with van der Waals surface area (Å²) in [5.74, 6) is 1.51. The molecule has 7 heteroatoms. The van der Waals surface area contributed by atoms with Gasteiger partial charge in [-0.3, -0.25) is 4.79 Å². The van der Waals surface area contributed by atoms with Crippen molar-refractivity contribution in [1.29, 1.82) is 0 Å². The summed E-state index contributed by atoms with van der Waals surface area (Å²) in [5.41, 5.74) is 0.520. The fourth-order valence-electron chi connectivity index (χ4n) is 2.42. The van der Waals surface area contributed by atoms with Crippen molar-refractivity contribution < 1.29 is 0 Å². The van der Waals surface area contributed by atoms with Gasteiger partial charge in [-0.1, -0.05) is 6.42 Å². The van der Waals surface area contributed by atoms with Gasteiger partial charge in [-0.15, -0.1) is 0 Å². The highest BCUT2D eigenvalue weighted by atomic mass is 79.9. The second-order valence-electron chi connectivity index (χ2n) is 5.36. The van der Waals surface area contributed by atoms with Gasteiger partial charge in [0, 0.05) is 31.9 Å². The molecule has 112 valence electrons. The van der Waals surface area contributed by atoms with Crippen molar-refractivity contribution in [2.24, 2.45) is 5.92 Å². The van der Waals surface area contributed by atoms with E-state index in [1.807, 2.05) is 0 Å². The lowest BCUT2D eigenvalue weighted by Gasteiger charge is -2.25. The molecule has 0 aromatic carbocycles. The van der Waals surface area contributed by atoms with Crippen molar-refractivity contribution in [1.82, 2.24) is 19.7 Å². The van der Waals surface area contributed by atoms with Crippen LogP contribution in [0.1, 0.15) is 25.1 Å². The van der Waals surface area contributed by atoms with Crippen LogP contribution in [-0.2, 0) is 13.0 Å². The van der Waals surface area contributed by atoms with Crippen molar-refractivity contribution in [3.05, 3.63) is 39.2 Å². The van der Waals surface area contributed by atoms with E-state index >= 15 is 0 Å². The summed E-state index contributed by atoms with van der Waals surface area (Å²) in [4.78, 5) is 19.7. The van der Waals surface area contributed by atoms with Gasteiger partial charge >= 0.3 is 0 Å². The molecule has 0 aliphatic heterocycles. The third-order valence-corrected chi connectivity index (χ3v) is 4.47. The predicted molar refractivity (Wildman–Crippen MR) is 84.3 cm³/mol. The largest absolute Gasteiger partial charge is 0.379 e. The van der Waals surface area contributed by atoms with Crippen LogP contribution in [0.5, 0.6) is 0 Å². The number of nitrogens with zero attached hydrogens (tertiary/aromatic N) is 3. The third-order valence-electron chi connectivity index (χ3n) is 3.87. The number of halogens is 1. The Labute approximate surface area is 131 Å². The van der Waals surface area contributed by atoms with Crippen LogP contribution in [0.25, 0.3) is 0 Å². The van der Waals surface area contributed by atoms with Crippen LogP contribution in [0.3, 0.4) is 0 Å². The first kappa shape index (κ1) is 14.3. The Morgan fingerprint density at radius 3 is 3.00 bits per heavy atom. The SMILES string of the molecule is O=c1c(NCCc2ncc[nH]2)c(Br)cnn1CC1CCC1. The quantitative estimate of drug-likeness (QED) is 0.836. The standard InChI is InChI=1S/C14H18BrN5O/c15-11-8-19-20(9-10-2-1-3-10)14(21)13(11)18-5-4-12-16-6-7-17-12/h6-8,10,18H,1-5,9H2,(H,16,17). The summed E-state index contributed by atoms with van der Waals surface area (Å²) in [5, 5.41) is 7.41. The topological polar surface area (TPSA) is 75.6 Å². The Kier molecular flexibility index (Phi) is 4.38. The smallest absolute Gasteiger partial charge is 0.291 e. The van der Waals surface area contributed by atoms with Crippen LogP contribution in [0.4, 0.5) is 5.69 Å². The van der Waals surface area contributed by atoms with Gasteiger partial charge in [0.25, 0.3) is 5.56 Å². The third kappa shape index (κ3) is 3.34. The molecule has 2 aromatic rings. The highest BCUT2D eigenvalue weighted by Gasteiger charge is 2.20. The van der Waals surface area contributed by atoms with E-state index in [-0.39, 0.29) is 5.56 Å². The van der Waals surface area contributed by atoms with Crippen LogP contribution in [-0.4, -0.2) is 26.3 Å². The zero-order valence-electron chi connectivity index (χ0n) is 11.7. The molecule has 2 N–H and O–H groups in total. The number of rotatable bonds is 6. The molecular formula is C14H18BrN5O. The Morgan fingerprint density at radius 1 is 1.48 bits per heavy atom. The van der Waals surface area contributed by atoms with Crippen molar-refractivity contribution in [3.8, 4) is 0 Å². The lowest BCUT2D eigenvalue weighted by molar-refractivity contribution is 0.262. The molecule has 0 spiro atoms. The van der Waals surface area contributed by atoms with Gasteiger partial charge in [0.1, 0.15) is 11.5 Å².